The Morgan fingerprint density at radius 1 is 1.27 bits per heavy atom. The third-order valence-electron chi connectivity index (χ3n) is 3.30. The van der Waals surface area contributed by atoms with Gasteiger partial charge in [0.1, 0.15) is 0 Å². The van der Waals surface area contributed by atoms with E-state index in [9.17, 15) is 0 Å². The summed E-state index contributed by atoms with van der Waals surface area (Å²) in [6.45, 7) is 3.51. The average Bonchev–Trinajstić information content (AvgIpc) is 3.01. The van der Waals surface area contributed by atoms with Gasteiger partial charge in [0.25, 0.3) is 0 Å². The first-order valence-corrected chi connectivity index (χ1v) is 6.38. The van der Waals surface area contributed by atoms with Crippen LogP contribution in [0.3, 0.4) is 0 Å². The highest BCUT2D eigenvalue weighted by Crippen LogP contribution is 2.18. The van der Waals surface area contributed by atoms with Gasteiger partial charge in [-0.3, -0.25) is 0 Å². The Labute approximate surface area is 97.6 Å². The lowest BCUT2D eigenvalue weighted by Crippen LogP contribution is -2.41. The van der Waals surface area contributed by atoms with Crippen molar-refractivity contribution in [1.82, 2.24) is 15.5 Å². The van der Waals surface area contributed by atoms with Gasteiger partial charge in [-0.2, -0.15) is 0 Å². The standard InChI is InChI=1S/C11H21N3S/c1-14-6-4-9(5-7-14)8-12-11(15)13-10-2-3-10/h9-10H,2-8H2,1H3,(H2,12,13,15). The Bertz CT molecular complexity index is 220. The second-order valence-corrected chi connectivity index (χ2v) is 5.28. The predicted molar refractivity (Wildman–Crippen MR) is 67.0 cm³/mol. The number of thiocarbonyl (C=S) groups is 1. The first-order chi connectivity index (χ1) is 7.24. The van der Waals surface area contributed by atoms with Crippen LogP contribution < -0.4 is 10.6 Å². The fourth-order valence-electron chi connectivity index (χ4n) is 1.97. The van der Waals surface area contributed by atoms with Gasteiger partial charge in [-0.1, -0.05) is 0 Å². The maximum absolute atomic E-state index is 5.23. The van der Waals surface area contributed by atoms with E-state index in [1.54, 1.807) is 0 Å². The third-order valence-corrected chi connectivity index (χ3v) is 3.56. The van der Waals surface area contributed by atoms with Crippen LogP contribution in [0.15, 0.2) is 0 Å². The quantitative estimate of drug-likeness (QED) is 0.702. The van der Waals surface area contributed by atoms with Crippen LogP contribution in [0.4, 0.5) is 0 Å². The van der Waals surface area contributed by atoms with Crippen LogP contribution >= 0.6 is 12.2 Å². The number of nitrogens with zero attached hydrogens (tertiary/aromatic N) is 1. The van der Waals surface area contributed by atoms with E-state index in [-0.39, 0.29) is 0 Å². The van der Waals surface area contributed by atoms with Gasteiger partial charge in [0.15, 0.2) is 5.11 Å². The van der Waals surface area contributed by atoms with Crippen molar-refractivity contribution in [3.63, 3.8) is 0 Å². The van der Waals surface area contributed by atoms with Gasteiger partial charge in [0.05, 0.1) is 0 Å². The molecule has 0 spiro atoms. The molecule has 0 amide bonds. The Morgan fingerprint density at radius 3 is 2.53 bits per heavy atom. The molecule has 1 aliphatic carbocycles. The summed E-state index contributed by atoms with van der Waals surface area (Å²) < 4.78 is 0. The van der Waals surface area contributed by atoms with E-state index in [2.05, 4.69) is 22.6 Å². The van der Waals surface area contributed by atoms with Crippen LogP contribution in [0.1, 0.15) is 25.7 Å². The van der Waals surface area contributed by atoms with Crippen molar-refractivity contribution in [2.24, 2.45) is 5.92 Å². The van der Waals surface area contributed by atoms with Crippen molar-refractivity contribution < 1.29 is 0 Å². The number of nitrogens with one attached hydrogen (secondary N) is 2. The summed E-state index contributed by atoms with van der Waals surface area (Å²) in [5.74, 6) is 0.806. The summed E-state index contributed by atoms with van der Waals surface area (Å²) in [7, 11) is 2.20. The summed E-state index contributed by atoms with van der Waals surface area (Å²) in [6, 6.07) is 0.669. The predicted octanol–water partition coefficient (Wildman–Crippen LogP) is 0.955. The minimum Gasteiger partial charge on any atom is -0.362 e. The molecule has 0 unspecified atom stereocenters. The molecule has 0 bridgehead atoms. The second-order valence-electron chi connectivity index (χ2n) is 4.88. The minimum absolute atomic E-state index is 0.669. The minimum atomic E-state index is 0.669. The number of likely N-dealkylation sites (tertiary alicyclic amines) is 1. The molecule has 0 aromatic rings. The summed E-state index contributed by atoms with van der Waals surface area (Å²) >= 11 is 5.23. The van der Waals surface area contributed by atoms with Crippen LogP contribution in [-0.4, -0.2) is 42.7 Å². The monoisotopic (exact) mass is 227 g/mol. The zero-order valence-corrected chi connectivity index (χ0v) is 10.3. The summed E-state index contributed by atoms with van der Waals surface area (Å²) in [5.41, 5.74) is 0. The molecule has 1 aliphatic heterocycles. The van der Waals surface area contributed by atoms with Gasteiger partial charge in [-0.25, -0.2) is 0 Å². The van der Waals surface area contributed by atoms with Gasteiger partial charge in [0.2, 0.25) is 0 Å². The fraction of sp³-hybridized carbons (Fsp3) is 0.909. The highest BCUT2D eigenvalue weighted by molar-refractivity contribution is 7.80. The second kappa shape index (κ2) is 5.12. The van der Waals surface area contributed by atoms with Crippen LogP contribution in [0, 0.1) is 5.92 Å². The van der Waals surface area contributed by atoms with Crippen LogP contribution in [0.25, 0.3) is 0 Å². The Kier molecular flexibility index (Phi) is 3.81. The van der Waals surface area contributed by atoms with Gasteiger partial charge >= 0.3 is 0 Å². The van der Waals surface area contributed by atoms with Crippen molar-refractivity contribution in [2.45, 2.75) is 31.7 Å². The number of rotatable bonds is 3. The molecule has 1 heterocycles. The molecule has 1 saturated carbocycles. The van der Waals surface area contributed by atoms with E-state index in [0.29, 0.717) is 6.04 Å². The molecule has 4 heteroatoms. The molecule has 0 aromatic carbocycles. The first kappa shape index (κ1) is 11.1. The van der Waals surface area contributed by atoms with Gasteiger partial charge in [-0.15, -0.1) is 0 Å². The zero-order valence-electron chi connectivity index (χ0n) is 9.46. The molecule has 2 N–H and O–H groups in total. The maximum Gasteiger partial charge on any atom is 0.166 e. The molecule has 2 fully saturated rings. The summed E-state index contributed by atoms with van der Waals surface area (Å²) in [4.78, 5) is 2.40. The third kappa shape index (κ3) is 3.95. The van der Waals surface area contributed by atoms with E-state index in [0.717, 1.165) is 17.6 Å². The smallest absolute Gasteiger partial charge is 0.166 e. The average molecular weight is 227 g/mol. The van der Waals surface area contributed by atoms with Crippen LogP contribution in [0.5, 0.6) is 0 Å². The van der Waals surface area contributed by atoms with Gasteiger partial charge in [0, 0.05) is 12.6 Å². The molecular weight excluding hydrogens is 206 g/mol. The van der Waals surface area contributed by atoms with Crippen molar-refractivity contribution in [2.75, 3.05) is 26.7 Å². The Hall–Kier alpha value is -0.350. The Balaban J connectivity index is 1.58. The molecule has 15 heavy (non-hydrogen) atoms. The SMILES string of the molecule is CN1CCC(CNC(=S)NC2CC2)CC1. The molecule has 2 aliphatic rings. The lowest BCUT2D eigenvalue weighted by molar-refractivity contribution is 0.220. The fourth-order valence-corrected chi connectivity index (χ4v) is 2.22. The number of hydrogen-bond donors (Lipinski definition) is 2. The van der Waals surface area contributed by atoms with Crippen LogP contribution in [0.2, 0.25) is 0 Å². The topological polar surface area (TPSA) is 27.3 Å². The zero-order chi connectivity index (χ0) is 10.7. The van der Waals surface area contributed by atoms with Gasteiger partial charge < -0.3 is 15.5 Å². The lowest BCUT2D eigenvalue weighted by Gasteiger charge is -2.29. The molecular formula is C11H21N3S. The molecule has 2 rings (SSSR count). The van der Waals surface area contributed by atoms with Gasteiger partial charge in [-0.05, 0) is 64.0 Å². The summed E-state index contributed by atoms with van der Waals surface area (Å²) in [6.07, 6.45) is 5.18. The Morgan fingerprint density at radius 2 is 1.93 bits per heavy atom. The molecule has 0 atom stereocenters. The van der Waals surface area contributed by atoms with E-state index in [1.807, 2.05) is 0 Å². The normalized spacial score (nSPS) is 23.8. The van der Waals surface area contributed by atoms with E-state index in [1.165, 1.54) is 38.8 Å². The van der Waals surface area contributed by atoms with Crippen molar-refractivity contribution in [1.29, 1.82) is 0 Å². The van der Waals surface area contributed by atoms with Crippen molar-refractivity contribution >= 4 is 17.3 Å². The molecule has 3 nitrogen and oxygen atoms in total. The first-order valence-electron chi connectivity index (χ1n) is 5.97. The molecule has 1 saturated heterocycles. The van der Waals surface area contributed by atoms with Crippen LogP contribution in [-0.2, 0) is 0 Å². The molecule has 0 aromatic heterocycles. The number of piperidine rings is 1. The molecule has 86 valence electrons. The van der Waals surface area contributed by atoms with E-state index < -0.39 is 0 Å². The highest BCUT2D eigenvalue weighted by atomic mass is 32.1. The molecule has 0 radical (unpaired) electrons. The number of hydrogen-bond acceptors (Lipinski definition) is 2. The summed E-state index contributed by atoms with van der Waals surface area (Å²) in [5, 5.41) is 7.51. The highest BCUT2D eigenvalue weighted by Gasteiger charge is 2.22. The van der Waals surface area contributed by atoms with Crippen molar-refractivity contribution in [3.8, 4) is 0 Å². The lowest BCUT2D eigenvalue weighted by atomic mass is 9.97. The van der Waals surface area contributed by atoms with Crippen molar-refractivity contribution in [3.05, 3.63) is 0 Å². The largest absolute Gasteiger partial charge is 0.362 e. The maximum atomic E-state index is 5.23. The van der Waals surface area contributed by atoms with E-state index in [4.69, 9.17) is 12.2 Å². The van der Waals surface area contributed by atoms with E-state index >= 15 is 0 Å².